The summed E-state index contributed by atoms with van der Waals surface area (Å²) in [4.78, 5) is 4.74. The first-order chi connectivity index (χ1) is 9.05. The van der Waals surface area contributed by atoms with Crippen LogP contribution in [0.15, 0.2) is 34.7 Å². The fraction of sp³-hybridized carbons (Fsp3) is 0.182. The average molecular weight is 299 g/mol. The van der Waals surface area contributed by atoms with E-state index < -0.39 is 10.0 Å². The number of anilines is 1. The lowest BCUT2D eigenvalue weighted by atomic mass is 10.4. The molecule has 0 aliphatic heterocycles. The topological polar surface area (TPSA) is 94.3 Å². The Balaban J connectivity index is 2.20. The number of nitrogens with two attached hydrogens (primary N) is 1. The van der Waals surface area contributed by atoms with Crippen LogP contribution in [0.25, 0.3) is 0 Å². The Morgan fingerprint density at radius 2 is 2.16 bits per heavy atom. The first-order valence-corrected chi connectivity index (χ1v) is 7.67. The molecule has 19 heavy (non-hydrogen) atoms. The summed E-state index contributed by atoms with van der Waals surface area (Å²) >= 11 is 1.15. The number of thiophene rings is 1. The van der Waals surface area contributed by atoms with Crippen LogP contribution in [-0.2, 0) is 16.6 Å². The van der Waals surface area contributed by atoms with Gasteiger partial charge in [0.25, 0.3) is 10.0 Å². The number of ether oxygens (including phenoxy) is 1. The zero-order valence-electron chi connectivity index (χ0n) is 10.2. The Kier molecular flexibility index (Phi) is 4.03. The van der Waals surface area contributed by atoms with Crippen molar-refractivity contribution in [1.29, 1.82) is 0 Å². The molecule has 0 radical (unpaired) electrons. The van der Waals surface area contributed by atoms with E-state index in [9.17, 15) is 8.42 Å². The van der Waals surface area contributed by atoms with Crippen LogP contribution in [-0.4, -0.2) is 20.5 Å². The molecule has 0 amide bonds. The molecule has 0 aliphatic carbocycles. The van der Waals surface area contributed by atoms with Crippen LogP contribution in [0.5, 0.6) is 5.88 Å². The molecule has 8 heteroatoms. The van der Waals surface area contributed by atoms with E-state index in [2.05, 4.69) is 9.71 Å². The van der Waals surface area contributed by atoms with Gasteiger partial charge in [-0.15, -0.1) is 11.3 Å². The maximum absolute atomic E-state index is 12.1. The van der Waals surface area contributed by atoms with Gasteiger partial charge in [-0.05, 0) is 18.2 Å². The molecule has 2 rings (SSSR count). The maximum Gasteiger partial charge on any atom is 0.271 e. The van der Waals surface area contributed by atoms with Crippen molar-refractivity contribution in [1.82, 2.24) is 4.98 Å². The number of sulfonamides is 1. The van der Waals surface area contributed by atoms with Crippen LogP contribution in [0.1, 0.15) is 4.88 Å². The van der Waals surface area contributed by atoms with Crippen LogP contribution in [0, 0.1) is 0 Å². The molecule has 3 N–H and O–H groups in total. The standard InChI is InChI=1S/C11H13N3O3S2/c1-17-10-4-2-8(7-13-10)14-19(15,16)11-5-3-9(6-12)18-11/h2-5,7,14H,6,12H2,1H3. The Labute approximate surface area is 115 Å². The molecular weight excluding hydrogens is 286 g/mol. The molecule has 0 saturated heterocycles. The Bertz CT molecular complexity index is 650. The SMILES string of the molecule is COc1ccc(NS(=O)(=O)c2ccc(CN)s2)cn1. The maximum atomic E-state index is 12.1. The molecule has 2 aromatic rings. The highest BCUT2D eigenvalue weighted by Gasteiger charge is 2.16. The normalized spacial score (nSPS) is 11.3. The second kappa shape index (κ2) is 5.55. The smallest absolute Gasteiger partial charge is 0.271 e. The molecule has 2 heterocycles. The molecule has 0 aliphatic rings. The van der Waals surface area contributed by atoms with Crippen molar-refractivity contribution in [3.63, 3.8) is 0 Å². The highest BCUT2D eigenvalue weighted by atomic mass is 32.2. The van der Waals surface area contributed by atoms with Gasteiger partial charge in [0.2, 0.25) is 5.88 Å². The highest BCUT2D eigenvalue weighted by Crippen LogP contribution is 2.23. The van der Waals surface area contributed by atoms with Gasteiger partial charge >= 0.3 is 0 Å². The van der Waals surface area contributed by atoms with E-state index in [1.165, 1.54) is 19.4 Å². The summed E-state index contributed by atoms with van der Waals surface area (Å²) in [7, 11) is -2.10. The van der Waals surface area contributed by atoms with Crippen molar-refractivity contribution in [2.75, 3.05) is 11.8 Å². The number of nitrogens with one attached hydrogen (secondary N) is 1. The second-order valence-corrected chi connectivity index (χ2v) is 6.70. The van der Waals surface area contributed by atoms with Crippen LogP contribution < -0.4 is 15.2 Å². The average Bonchev–Trinajstić information content (AvgIpc) is 2.89. The third-order valence-corrected chi connectivity index (χ3v) is 5.28. The van der Waals surface area contributed by atoms with Gasteiger partial charge < -0.3 is 10.5 Å². The predicted octanol–water partition coefficient (Wildman–Crippen LogP) is 1.41. The molecular formula is C11H13N3O3S2. The zero-order valence-corrected chi connectivity index (χ0v) is 11.8. The number of nitrogens with zero attached hydrogens (tertiary/aromatic N) is 1. The Morgan fingerprint density at radius 1 is 1.37 bits per heavy atom. The predicted molar refractivity (Wildman–Crippen MR) is 73.8 cm³/mol. The number of pyridine rings is 1. The lowest BCUT2D eigenvalue weighted by Crippen LogP contribution is -2.11. The molecule has 0 fully saturated rings. The van der Waals surface area contributed by atoms with E-state index in [4.69, 9.17) is 10.5 Å². The second-order valence-electron chi connectivity index (χ2n) is 3.62. The number of hydrogen-bond donors (Lipinski definition) is 2. The van der Waals surface area contributed by atoms with Crippen LogP contribution in [0.4, 0.5) is 5.69 Å². The van der Waals surface area contributed by atoms with E-state index in [0.717, 1.165) is 16.2 Å². The zero-order chi connectivity index (χ0) is 13.9. The number of hydrogen-bond acceptors (Lipinski definition) is 6. The van der Waals surface area contributed by atoms with Gasteiger partial charge in [-0.3, -0.25) is 4.72 Å². The monoisotopic (exact) mass is 299 g/mol. The summed E-state index contributed by atoms with van der Waals surface area (Å²) in [5, 5.41) is 0. The van der Waals surface area contributed by atoms with Crippen molar-refractivity contribution in [2.45, 2.75) is 10.8 Å². The summed E-state index contributed by atoms with van der Waals surface area (Å²) in [6, 6.07) is 6.40. The first-order valence-electron chi connectivity index (χ1n) is 5.37. The third-order valence-electron chi connectivity index (χ3n) is 2.30. The quantitative estimate of drug-likeness (QED) is 0.870. The van der Waals surface area contributed by atoms with Gasteiger partial charge in [-0.25, -0.2) is 13.4 Å². The van der Waals surface area contributed by atoms with Gasteiger partial charge in [-0.2, -0.15) is 0 Å². The van der Waals surface area contributed by atoms with E-state index >= 15 is 0 Å². The van der Waals surface area contributed by atoms with Gasteiger partial charge in [0.1, 0.15) is 4.21 Å². The van der Waals surface area contributed by atoms with Crippen molar-refractivity contribution < 1.29 is 13.2 Å². The molecule has 0 atom stereocenters. The molecule has 0 saturated carbocycles. The third kappa shape index (κ3) is 3.22. The van der Waals surface area contributed by atoms with Crippen molar-refractivity contribution in [3.8, 4) is 5.88 Å². The van der Waals surface area contributed by atoms with Crippen LogP contribution >= 0.6 is 11.3 Å². The van der Waals surface area contributed by atoms with Crippen LogP contribution in [0.2, 0.25) is 0 Å². The summed E-state index contributed by atoms with van der Waals surface area (Å²) in [6.45, 7) is 0.324. The fourth-order valence-electron chi connectivity index (χ4n) is 1.38. The van der Waals surface area contributed by atoms with Gasteiger partial charge in [0.05, 0.1) is 19.0 Å². The molecule has 0 unspecified atom stereocenters. The van der Waals surface area contributed by atoms with Gasteiger partial charge in [-0.1, -0.05) is 0 Å². The Hall–Kier alpha value is -1.64. The van der Waals surface area contributed by atoms with Gasteiger partial charge in [0.15, 0.2) is 0 Å². The summed E-state index contributed by atoms with van der Waals surface area (Å²) in [6.07, 6.45) is 1.40. The molecule has 0 aromatic carbocycles. The molecule has 2 aromatic heterocycles. The summed E-state index contributed by atoms with van der Waals surface area (Å²) in [5.74, 6) is 0.421. The number of rotatable bonds is 5. The Morgan fingerprint density at radius 3 is 2.68 bits per heavy atom. The number of aromatic nitrogens is 1. The fourth-order valence-corrected chi connectivity index (χ4v) is 3.66. The highest BCUT2D eigenvalue weighted by molar-refractivity contribution is 7.94. The molecule has 0 spiro atoms. The van der Waals surface area contributed by atoms with Crippen molar-refractivity contribution >= 4 is 27.0 Å². The van der Waals surface area contributed by atoms with Crippen molar-refractivity contribution in [2.24, 2.45) is 5.73 Å². The molecule has 6 nitrogen and oxygen atoms in total. The molecule has 0 bridgehead atoms. The van der Waals surface area contributed by atoms with Crippen molar-refractivity contribution in [3.05, 3.63) is 35.3 Å². The van der Waals surface area contributed by atoms with Crippen LogP contribution in [0.3, 0.4) is 0 Å². The first kappa shape index (κ1) is 13.8. The summed E-state index contributed by atoms with van der Waals surface area (Å²) in [5.41, 5.74) is 5.84. The van der Waals surface area contributed by atoms with E-state index in [1.807, 2.05) is 0 Å². The minimum atomic E-state index is -3.59. The van der Waals surface area contributed by atoms with E-state index in [1.54, 1.807) is 18.2 Å². The number of methoxy groups -OCH3 is 1. The lowest BCUT2D eigenvalue weighted by molar-refractivity contribution is 0.398. The summed E-state index contributed by atoms with van der Waals surface area (Å²) < 4.78 is 31.7. The lowest BCUT2D eigenvalue weighted by Gasteiger charge is -2.06. The minimum Gasteiger partial charge on any atom is -0.481 e. The minimum absolute atomic E-state index is 0.226. The van der Waals surface area contributed by atoms with Gasteiger partial charge in [0, 0.05) is 17.5 Å². The van der Waals surface area contributed by atoms with E-state index in [-0.39, 0.29) is 4.21 Å². The molecule has 102 valence electrons. The van der Waals surface area contributed by atoms with E-state index in [0.29, 0.717) is 18.1 Å². The largest absolute Gasteiger partial charge is 0.481 e.